The van der Waals surface area contributed by atoms with E-state index in [2.05, 4.69) is 10.6 Å². The molecule has 23 heteroatoms. The van der Waals surface area contributed by atoms with Crippen LogP contribution in [0.25, 0.3) is 0 Å². The summed E-state index contributed by atoms with van der Waals surface area (Å²) in [4.78, 5) is 39.9. The summed E-state index contributed by atoms with van der Waals surface area (Å²) >= 11 is 0. The first-order valence-electron chi connectivity index (χ1n) is 16.1. The first kappa shape index (κ1) is 38.9. The maximum Gasteiger partial charge on any atom is 0.275 e. The van der Waals surface area contributed by atoms with Crippen molar-refractivity contribution in [3.05, 3.63) is 64.7 Å². The predicted molar refractivity (Wildman–Crippen MR) is 204 cm³/mol. The molecule has 1 fully saturated rings. The number of nitrogens with one attached hydrogen (secondary N) is 2. The molecule has 3 unspecified atom stereocenters. The highest BCUT2D eigenvalue weighted by Crippen LogP contribution is 2.47. The van der Waals surface area contributed by atoms with E-state index in [9.17, 15) is 45.0 Å². The van der Waals surface area contributed by atoms with Gasteiger partial charge >= 0.3 is 0 Å². The van der Waals surface area contributed by atoms with E-state index in [4.69, 9.17) is 4.74 Å². The number of likely N-dealkylation sites (N-methyl/N-ethyl adjacent to an activating group) is 1. The molecule has 0 aromatic heterocycles. The molecule has 1 saturated heterocycles. The minimum absolute atomic E-state index is 0.0189. The number of hydrogen-bond acceptors (Lipinski definition) is 12. The predicted octanol–water partition coefficient (Wildman–Crippen LogP) is -11.4. The van der Waals surface area contributed by atoms with Crippen LogP contribution in [0.3, 0.4) is 0 Å². The van der Waals surface area contributed by atoms with Crippen molar-refractivity contribution >= 4 is 94.4 Å². The molecular weight excluding hydrogens is 626 g/mol. The normalized spacial score (nSPS) is 25.9. The number of fused-ring (bicyclic) bond motifs is 1. The molecule has 2 aromatic carbocycles. The number of rotatable bonds is 10. The Balaban J connectivity index is 1.72. The lowest BCUT2D eigenvalue weighted by atomic mass is 9.38. The SMILES string of the molecule is BC(B)(Nc1cccc2c1C(B)(O)N(C(B)(CCC=O)C(=O)NC)C2=O)c1ccc(C(O)(O)N2C(B)(B)C(B)(B)OC(B)(O)C2(O)O)cc1. The van der Waals surface area contributed by atoms with Crippen LogP contribution in [0.15, 0.2) is 42.5 Å². The lowest BCUT2D eigenvalue weighted by Crippen LogP contribution is -2.88. The first-order chi connectivity index (χ1) is 22.2. The Morgan fingerprint density at radius 3 is 2.02 bits per heavy atom. The van der Waals surface area contributed by atoms with Gasteiger partial charge in [-0.25, -0.2) is 4.90 Å². The van der Waals surface area contributed by atoms with Crippen LogP contribution in [0.5, 0.6) is 0 Å². The van der Waals surface area contributed by atoms with Crippen LogP contribution < -0.4 is 10.6 Å². The van der Waals surface area contributed by atoms with Crippen LogP contribution in [0.2, 0.25) is 0 Å². The van der Waals surface area contributed by atoms with E-state index in [1.165, 1.54) is 50.6 Å². The van der Waals surface area contributed by atoms with E-state index in [0.717, 1.165) is 12.7 Å². The van der Waals surface area contributed by atoms with Crippen LogP contribution in [0, 0.1) is 0 Å². The molecule has 49 heavy (non-hydrogen) atoms. The monoisotopic (exact) mass is 668 g/mol. The van der Waals surface area contributed by atoms with Crippen molar-refractivity contribution in [3.8, 4) is 0 Å². The molecule has 0 saturated carbocycles. The average Bonchev–Trinajstić information content (AvgIpc) is 3.19. The maximum absolute atomic E-state index is 13.8. The van der Waals surface area contributed by atoms with Gasteiger partial charge in [0.2, 0.25) is 5.91 Å². The van der Waals surface area contributed by atoms with Gasteiger partial charge in [-0.15, -0.1) is 0 Å². The summed E-state index contributed by atoms with van der Waals surface area (Å²) in [7, 11) is 15.2. The minimum Gasteiger partial charge on any atom is -0.391 e. The Morgan fingerprint density at radius 1 is 0.939 bits per heavy atom. The number of benzene rings is 2. The number of carbonyl (C=O) groups is 3. The van der Waals surface area contributed by atoms with Crippen molar-refractivity contribution in [1.29, 1.82) is 0 Å². The molecule has 2 aliphatic heterocycles. The van der Waals surface area contributed by atoms with Gasteiger partial charge in [0.1, 0.15) is 66.8 Å². The van der Waals surface area contributed by atoms with E-state index < -0.39 is 56.5 Å². The lowest BCUT2D eigenvalue weighted by Gasteiger charge is -2.65. The molecule has 2 amide bonds. The zero-order chi connectivity index (χ0) is 37.4. The van der Waals surface area contributed by atoms with Gasteiger partial charge < -0.3 is 55.7 Å². The number of hydrogen-bond donors (Lipinski definition) is 8. The van der Waals surface area contributed by atoms with Gasteiger partial charge in [-0.3, -0.25) is 9.59 Å². The van der Waals surface area contributed by atoms with Gasteiger partial charge in [0.25, 0.3) is 17.7 Å². The zero-order valence-electron chi connectivity index (χ0n) is 29.7. The number of morpholine rings is 1. The zero-order valence-corrected chi connectivity index (χ0v) is 29.7. The third-order valence-corrected chi connectivity index (χ3v) is 10.5. The fourth-order valence-corrected chi connectivity index (χ4v) is 7.23. The molecule has 0 aliphatic carbocycles. The van der Waals surface area contributed by atoms with E-state index in [0.29, 0.717) is 22.4 Å². The number of nitrogens with zero attached hydrogens (tertiary/aromatic N) is 2. The van der Waals surface area contributed by atoms with Crippen LogP contribution >= 0.6 is 0 Å². The summed E-state index contributed by atoms with van der Waals surface area (Å²) in [5.74, 6) is -7.38. The van der Waals surface area contributed by atoms with E-state index >= 15 is 0 Å². The van der Waals surface area contributed by atoms with Gasteiger partial charge in [-0.05, 0) is 34.8 Å². The summed E-state index contributed by atoms with van der Waals surface area (Å²) in [6.07, 6.45) is 0.612. The standard InChI is InChI=1S/C26H41B9N4O10/c1-36-18(42)19(27,10-3-11-40)38-17(41)14-4-2-5-15(16(14)21(38,30)43)37-20(28,29)12-6-8-13(9-7-12)22(44,45)39-23(31,32)24(33,34)49-25(35,46)26(39,47)48/h2,4-9,11,37,43-48H,3,10,27-35H2,1H3,(H,36,42). The van der Waals surface area contributed by atoms with Crippen LogP contribution in [0.1, 0.15) is 39.9 Å². The van der Waals surface area contributed by atoms with Gasteiger partial charge in [-0.1, -0.05) is 30.3 Å². The molecule has 0 radical (unpaired) electrons. The van der Waals surface area contributed by atoms with Crippen molar-refractivity contribution in [2.75, 3.05) is 12.4 Å². The van der Waals surface area contributed by atoms with Crippen molar-refractivity contribution in [3.63, 3.8) is 0 Å². The summed E-state index contributed by atoms with van der Waals surface area (Å²) in [6, 6.07) is 10.9. The molecular formula is C26H41B9N4O10. The number of amides is 2. The molecule has 0 bridgehead atoms. The molecule has 4 rings (SSSR count). The molecule has 2 heterocycles. The summed E-state index contributed by atoms with van der Waals surface area (Å²) in [5.41, 5.74) is -4.85. The summed E-state index contributed by atoms with van der Waals surface area (Å²) in [6.45, 7) is 0. The average molecular weight is 667 g/mol. The van der Waals surface area contributed by atoms with E-state index in [-0.39, 0.29) is 29.5 Å². The number of aldehydes is 1. The van der Waals surface area contributed by atoms with Crippen LogP contribution in [0.4, 0.5) is 5.69 Å². The van der Waals surface area contributed by atoms with Crippen LogP contribution in [-0.2, 0) is 31.2 Å². The third-order valence-electron chi connectivity index (χ3n) is 10.5. The molecule has 2 aliphatic rings. The van der Waals surface area contributed by atoms with Gasteiger partial charge in [0.05, 0.1) is 5.44 Å². The Labute approximate surface area is 293 Å². The highest BCUT2D eigenvalue weighted by atomic mass is 16.7. The highest BCUT2D eigenvalue weighted by molar-refractivity contribution is 6.54. The number of carbonyl (C=O) groups excluding carboxylic acids is 3. The second kappa shape index (κ2) is 12.1. The quantitative estimate of drug-likeness (QED) is 0.0675. The van der Waals surface area contributed by atoms with Crippen molar-refractivity contribution in [2.45, 2.75) is 57.5 Å². The molecule has 8 N–H and O–H groups in total. The first-order valence-corrected chi connectivity index (χ1v) is 16.1. The van der Waals surface area contributed by atoms with Crippen molar-refractivity contribution in [1.82, 2.24) is 15.1 Å². The second-order valence-electron chi connectivity index (χ2n) is 15.0. The molecule has 3 atom stereocenters. The Morgan fingerprint density at radius 2 is 1.49 bits per heavy atom. The maximum atomic E-state index is 13.8. The lowest BCUT2D eigenvalue weighted by molar-refractivity contribution is -0.492. The molecule has 2 aromatic rings. The van der Waals surface area contributed by atoms with Crippen molar-refractivity contribution < 1.29 is 49.8 Å². The number of anilines is 1. The van der Waals surface area contributed by atoms with Crippen molar-refractivity contribution in [2.24, 2.45) is 0 Å². The Kier molecular flexibility index (Phi) is 9.62. The third kappa shape index (κ3) is 5.91. The summed E-state index contributed by atoms with van der Waals surface area (Å²) in [5, 5.41) is 70.2. The molecule has 14 nitrogen and oxygen atoms in total. The Hall–Kier alpha value is -2.89. The molecule has 252 valence electrons. The fourth-order valence-electron chi connectivity index (χ4n) is 7.23. The van der Waals surface area contributed by atoms with Gasteiger partial charge in [-0.2, -0.15) is 0 Å². The Bertz CT molecular complexity index is 1630. The van der Waals surface area contributed by atoms with Gasteiger partial charge in [0.15, 0.2) is 21.4 Å². The number of aliphatic hydroxyl groups is 6. The topological polar surface area (TPSA) is 212 Å². The largest absolute Gasteiger partial charge is 0.391 e. The second-order valence-corrected chi connectivity index (χ2v) is 15.0. The van der Waals surface area contributed by atoms with E-state index in [1.807, 2.05) is 15.7 Å². The van der Waals surface area contributed by atoms with Gasteiger partial charge in [0, 0.05) is 41.2 Å². The summed E-state index contributed by atoms with van der Waals surface area (Å²) < 4.78 is 5.59. The fraction of sp³-hybridized carbons (Fsp3) is 0.423. The highest BCUT2D eigenvalue weighted by Gasteiger charge is 2.69. The number of ether oxygens (including phenoxy) is 1. The smallest absolute Gasteiger partial charge is 0.275 e. The van der Waals surface area contributed by atoms with Crippen LogP contribution in [-0.4, -0.2) is 164 Å². The van der Waals surface area contributed by atoms with E-state index in [1.54, 1.807) is 46.0 Å². The minimum atomic E-state index is -3.24. The molecule has 0 spiro atoms.